The Kier molecular flexibility index (Phi) is 15.6. The molecular formula is C33H34O8. The molecule has 8 heteroatoms. The Balaban J connectivity index is 0.00000129. The van der Waals surface area contributed by atoms with Crippen molar-refractivity contribution in [3.8, 4) is 34.1 Å². The van der Waals surface area contributed by atoms with Crippen LogP contribution in [0.4, 0.5) is 0 Å². The molecule has 3 aromatic rings. The first kappa shape index (κ1) is 33.8. The molecule has 214 valence electrons. The first-order valence-corrected chi connectivity index (χ1v) is 12.7. The van der Waals surface area contributed by atoms with Crippen molar-refractivity contribution in [1.29, 1.82) is 0 Å². The summed E-state index contributed by atoms with van der Waals surface area (Å²) in [5.41, 5.74) is 2.66. The van der Waals surface area contributed by atoms with E-state index in [0.717, 1.165) is 28.8 Å². The smallest absolute Gasteiger partial charge is 0.335 e. The number of benzene rings is 3. The number of carbonyl (C=O) groups excluding carboxylic acids is 4. The molecule has 0 aliphatic rings. The van der Waals surface area contributed by atoms with E-state index in [1.54, 1.807) is 42.5 Å². The number of hydrogen-bond acceptors (Lipinski definition) is 8. The van der Waals surface area contributed by atoms with Crippen LogP contribution < -0.4 is 18.9 Å². The van der Waals surface area contributed by atoms with E-state index in [1.165, 1.54) is 13.2 Å². The molecule has 0 heterocycles. The molecule has 3 aromatic carbocycles. The van der Waals surface area contributed by atoms with Gasteiger partial charge < -0.3 is 18.9 Å². The molecule has 0 unspecified atom stereocenters. The van der Waals surface area contributed by atoms with Gasteiger partial charge in [0.05, 0.1) is 7.11 Å². The third kappa shape index (κ3) is 12.0. The second-order valence-electron chi connectivity index (χ2n) is 7.63. The summed E-state index contributed by atoms with van der Waals surface area (Å²) in [7, 11) is 1.47. The Morgan fingerprint density at radius 2 is 1.20 bits per heavy atom. The summed E-state index contributed by atoms with van der Waals surface area (Å²) in [4.78, 5) is 44.0. The fraction of sp³-hybridized carbons (Fsp3) is 0.152. The Hall–Kier alpha value is -5.24. The topological polar surface area (TPSA) is 105 Å². The number of rotatable bonds is 11. The monoisotopic (exact) mass is 558 g/mol. The summed E-state index contributed by atoms with van der Waals surface area (Å²) in [6, 6.07) is 19.2. The summed E-state index contributed by atoms with van der Waals surface area (Å²) in [6.07, 6.45) is 4.58. The van der Waals surface area contributed by atoms with E-state index >= 15 is 0 Å². The summed E-state index contributed by atoms with van der Waals surface area (Å²) in [5.74, 6) is 0.0247. The standard InChI is InChI=1S/C28H24O7.C3H4O.C2H6/c1-4-26(29)33-22-12-8-20(9-13-22)21-10-14-23(15-11-21)34-28(31)17-7-19-6-16-24(25(18-19)32-3)35-27(30)5-2;1-2-3-4;1-2/h4-6,8-16,18H,1-2,7,17H2,3H3;2-3H,1H2;1-2H3. The predicted molar refractivity (Wildman–Crippen MR) is 158 cm³/mol. The molecule has 0 atom stereocenters. The number of ether oxygens (including phenoxy) is 4. The largest absolute Gasteiger partial charge is 0.493 e. The van der Waals surface area contributed by atoms with Crippen LogP contribution in [0.25, 0.3) is 11.1 Å². The van der Waals surface area contributed by atoms with Crippen molar-refractivity contribution < 1.29 is 38.1 Å². The van der Waals surface area contributed by atoms with E-state index in [-0.39, 0.29) is 18.1 Å². The lowest BCUT2D eigenvalue weighted by Gasteiger charge is -2.10. The Morgan fingerprint density at radius 1 is 0.707 bits per heavy atom. The third-order valence-electron chi connectivity index (χ3n) is 4.98. The van der Waals surface area contributed by atoms with Crippen molar-refractivity contribution in [3.05, 3.63) is 110 Å². The van der Waals surface area contributed by atoms with Crippen LogP contribution in [0.5, 0.6) is 23.0 Å². The van der Waals surface area contributed by atoms with Gasteiger partial charge in [0.15, 0.2) is 11.5 Å². The van der Waals surface area contributed by atoms with Crippen molar-refractivity contribution in [2.75, 3.05) is 7.11 Å². The number of methoxy groups -OCH3 is 1. The highest BCUT2D eigenvalue weighted by Crippen LogP contribution is 2.29. The van der Waals surface area contributed by atoms with Crippen LogP contribution in [-0.4, -0.2) is 31.3 Å². The van der Waals surface area contributed by atoms with Gasteiger partial charge in [-0.15, -0.1) is 0 Å². The highest BCUT2D eigenvalue weighted by molar-refractivity contribution is 5.84. The highest BCUT2D eigenvalue weighted by Gasteiger charge is 2.11. The highest BCUT2D eigenvalue weighted by atomic mass is 16.6. The van der Waals surface area contributed by atoms with Crippen molar-refractivity contribution in [3.63, 3.8) is 0 Å². The van der Waals surface area contributed by atoms with Crippen LogP contribution in [0.3, 0.4) is 0 Å². The Morgan fingerprint density at radius 3 is 1.66 bits per heavy atom. The van der Waals surface area contributed by atoms with E-state index in [0.29, 0.717) is 30.0 Å². The van der Waals surface area contributed by atoms with Gasteiger partial charge in [0.25, 0.3) is 0 Å². The fourth-order valence-electron chi connectivity index (χ4n) is 3.12. The molecule has 0 spiro atoms. The Labute approximate surface area is 240 Å². The maximum atomic E-state index is 12.3. The van der Waals surface area contributed by atoms with Gasteiger partial charge in [0.2, 0.25) is 0 Å². The van der Waals surface area contributed by atoms with Gasteiger partial charge >= 0.3 is 17.9 Å². The Bertz CT molecular complexity index is 1320. The number of aryl methyl sites for hydroxylation is 1. The number of esters is 3. The molecule has 0 N–H and O–H groups in total. The SMILES string of the molecule is C=CC(=O)Oc1ccc(-c2ccc(OC(=O)CCc3ccc(OC(=O)C=C)c(OC)c3)cc2)cc1.C=CC=O.CC. The molecule has 41 heavy (non-hydrogen) atoms. The average molecular weight is 559 g/mol. The van der Waals surface area contributed by atoms with Crippen molar-refractivity contribution in [2.45, 2.75) is 26.7 Å². The molecule has 0 amide bonds. The second kappa shape index (κ2) is 18.9. The van der Waals surface area contributed by atoms with E-state index < -0.39 is 11.9 Å². The minimum Gasteiger partial charge on any atom is -0.493 e. The zero-order valence-electron chi connectivity index (χ0n) is 23.5. The number of hydrogen-bond donors (Lipinski definition) is 0. The predicted octanol–water partition coefficient (Wildman–Crippen LogP) is 6.48. The molecule has 0 fully saturated rings. The lowest BCUT2D eigenvalue weighted by atomic mass is 10.1. The average Bonchev–Trinajstić information content (AvgIpc) is 3.02. The van der Waals surface area contributed by atoms with Gasteiger partial charge in [-0.3, -0.25) is 9.59 Å². The van der Waals surface area contributed by atoms with E-state index in [1.807, 2.05) is 38.1 Å². The van der Waals surface area contributed by atoms with Gasteiger partial charge in [-0.05, 0) is 65.6 Å². The van der Waals surface area contributed by atoms with E-state index in [9.17, 15) is 14.4 Å². The first-order chi connectivity index (χ1) is 19.8. The van der Waals surface area contributed by atoms with Crippen molar-refractivity contribution in [2.24, 2.45) is 0 Å². The number of allylic oxidation sites excluding steroid dienone is 1. The van der Waals surface area contributed by atoms with Crippen molar-refractivity contribution in [1.82, 2.24) is 0 Å². The van der Waals surface area contributed by atoms with Gasteiger partial charge in [-0.1, -0.05) is 63.9 Å². The molecule has 0 aliphatic carbocycles. The minimum atomic E-state index is -0.586. The fourth-order valence-corrected chi connectivity index (χ4v) is 3.12. The normalized spacial score (nSPS) is 9.24. The zero-order chi connectivity index (χ0) is 30.6. The summed E-state index contributed by atoms with van der Waals surface area (Å²) in [6.45, 7) is 13.8. The van der Waals surface area contributed by atoms with Crippen LogP contribution in [0.2, 0.25) is 0 Å². The molecule has 0 saturated heterocycles. The minimum absolute atomic E-state index is 0.154. The third-order valence-corrected chi connectivity index (χ3v) is 4.98. The lowest BCUT2D eigenvalue weighted by Crippen LogP contribution is -2.09. The molecule has 3 rings (SSSR count). The van der Waals surface area contributed by atoms with Crippen LogP contribution in [0.1, 0.15) is 25.8 Å². The molecule has 0 aliphatic heterocycles. The first-order valence-electron chi connectivity index (χ1n) is 12.7. The lowest BCUT2D eigenvalue weighted by molar-refractivity contribution is -0.134. The second-order valence-corrected chi connectivity index (χ2v) is 7.63. The molecule has 8 nitrogen and oxygen atoms in total. The molecule has 0 saturated carbocycles. The maximum Gasteiger partial charge on any atom is 0.335 e. The summed E-state index contributed by atoms with van der Waals surface area (Å²) < 4.78 is 20.9. The maximum absolute atomic E-state index is 12.3. The van der Waals surface area contributed by atoms with Gasteiger partial charge in [0, 0.05) is 18.6 Å². The van der Waals surface area contributed by atoms with E-state index in [4.69, 9.17) is 23.7 Å². The van der Waals surface area contributed by atoms with Gasteiger partial charge in [-0.2, -0.15) is 0 Å². The van der Waals surface area contributed by atoms with Gasteiger partial charge in [0.1, 0.15) is 17.8 Å². The van der Waals surface area contributed by atoms with Crippen LogP contribution in [0.15, 0.2) is 105 Å². The van der Waals surface area contributed by atoms with E-state index in [2.05, 4.69) is 19.7 Å². The van der Waals surface area contributed by atoms with Crippen molar-refractivity contribution >= 4 is 24.2 Å². The molecule has 0 radical (unpaired) electrons. The molecular weight excluding hydrogens is 524 g/mol. The zero-order valence-corrected chi connectivity index (χ0v) is 23.5. The molecule has 0 aromatic heterocycles. The van der Waals surface area contributed by atoms with Crippen LogP contribution >= 0.6 is 0 Å². The summed E-state index contributed by atoms with van der Waals surface area (Å²) in [5, 5.41) is 0. The molecule has 0 bridgehead atoms. The van der Waals surface area contributed by atoms with Crippen LogP contribution in [0, 0.1) is 0 Å². The number of carbonyl (C=O) groups is 4. The quantitative estimate of drug-likeness (QED) is 0.114. The number of aldehydes is 1. The van der Waals surface area contributed by atoms with Gasteiger partial charge in [-0.25, -0.2) is 9.59 Å². The van der Waals surface area contributed by atoms with Crippen LogP contribution in [-0.2, 0) is 25.6 Å². The summed E-state index contributed by atoms with van der Waals surface area (Å²) >= 11 is 0.